The Morgan fingerprint density at radius 1 is 0.302 bits per heavy atom. The molecule has 18 aromatic rings. The van der Waals surface area contributed by atoms with E-state index in [1.807, 2.05) is 226 Å². The second kappa shape index (κ2) is 34.1. The lowest BCUT2D eigenvalue weighted by Crippen LogP contribution is -2.41. The summed E-state index contributed by atoms with van der Waals surface area (Å²) in [4.78, 5) is 38.6. The average Bonchev–Trinajstić information content (AvgIpc) is 1.03. The van der Waals surface area contributed by atoms with Crippen LogP contribution in [0.2, 0.25) is 5.02 Å². The first-order chi connectivity index (χ1) is 56.4. The summed E-state index contributed by atoms with van der Waals surface area (Å²) >= 11 is 9.69. The second-order valence-corrected chi connectivity index (χ2v) is 30.8. The third kappa shape index (κ3) is 17.3. The molecule has 1 fully saturated rings. The molecule has 0 saturated carbocycles. The molecule has 0 aliphatic carbocycles. The van der Waals surface area contributed by atoms with Crippen LogP contribution in [0.5, 0.6) is 0 Å². The van der Waals surface area contributed by atoms with Crippen LogP contribution >= 0.6 is 27.5 Å². The van der Waals surface area contributed by atoms with Gasteiger partial charge in [0.2, 0.25) is 0 Å². The predicted molar refractivity (Wildman–Crippen MR) is 480 cm³/mol. The normalized spacial score (nSPS) is 12.6. The molecule has 1 aliphatic heterocycles. The second-order valence-electron chi connectivity index (χ2n) is 29.4. The molecule has 0 amide bonds. The van der Waals surface area contributed by atoms with E-state index in [4.69, 9.17) is 40.8 Å². The number of fused-ring (bicyclic) bond motifs is 4. The highest BCUT2D eigenvalue weighted by Crippen LogP contribution is 2.42. The molecule has 19 rings (SSSR count). The average molecular weight is 1590 g/mol. The van der Waals surface area contributed by atoms with Crippen LogP contribution in [0.15, 0.2) is 356 Å². The van der Waals surface area contributed by atoms with E-state index in [1.165, 1.54) is 27.1 Å². The van der Waals surface area contributed by atoms with Gasteiger partial charge in [-0.1, -0.05) is 307 Å². The number of hydrogen-bond acceptors (Lipinski definition) is 12. The van der Waals surface area contributed by atoms with Crippen molar-refractivity contribution in [1.82, 2.24) is 39.9 Å². The number of nitrogens with zero attached hydrogens (tertiary/aromatic N) is 8. The molecule has 562 valence electrons. The summed E-state index contributed by atoms with van der Waals surface area (Å²) in [6.45, 7) is 12.3. The molecule has 12 nitrogen and oxygen atoms in total. The zero-order chi connectivity index (χ0) is 79.9. The van der Waals surface area contributed by atoms with Crippen molar-refractivity contribution < 1.29 is 19.4 Å². The van der Waals surface area contributed by atoms with E-state index in [1.54, 1.807) is 0 Å². The molecule has 14 aromatic carbocycles. The SMILES string of the molecule is Cc1cccc(-c2ccc(-c3cc(-c4nc(-c5ccccc5)nc(-c5ccccc5)n4)cc(-c4c5ccccc5cc5ccccc45)c3)cc2)n1.Cc1cccc(-c2ccc(B3OC(C)(C)C(C)(C)O3)cc2)n1.Clc1cc(Br)cc(-c2nc(-c3ccccc3)nc(-c3ccccc3)n2)c1.OB(O)c1c2ccccc2cc2ccccc12. The van der Waals surface area contributed by atoms with Crippen LogP contribution in [-0.2, 0) is 9.31 Å². The van der Waals surface area contributed by atoms with Crippen molar-refractivity contribution in [2.75, 3.05) is 0 Å². The largest absolute Gasteiger partial charge is 0.494 e. The Kier molecular flexibility index (Phi) is 22.7. The third-order valence-electron chi connectivity index (χ3n) is 20.9. The Labute approximate surface area is 688 Å². The van der Waals surface area contributed by atoms with Crippen LogP contribution in [0.25, 0.3) is 156 Å². The number of hydrogen-bond donors (Lipinski definition) is 2. The van der Waals surface area contributed by atoms with Crippen LogP contribution in [0, 0.1) is 13.8 Å². The molecule has 0 atom stereocenters. The highest BCUT2D eigenvalue weighted by molar-refractivity contribution is 9.10. The van der Waals surface area contributed by atoms with E-state index in [0.717, 1.165) is 115 Å². The standard InChI is InChI=1S/C47H32N4.C21H13BrClN3.C18H22BNO2.C14H11BO2/c1-31-13-12-22-43(48-31)33-25-23-32(24-26-33)38-28-39(44-41-20-10-8-18-36(41)27-37-19-9-11-21-42(37)44)30-40(29-38)47-50-45(34-14-4-2-5-15-34)49-46(51-47)35-16-6-3-7-17-35;22-17-11-16(12-18(23)13-17)21-25-19(14-7-3-1-4-8-14)24-20(26-21)15-9-5-2-6-10-15;1-13-7-6-8-16(20-13)14-9-11-15(12-10-14)19-21-17(2,3)18(4,5)22-19;16-15(17)14-12-7-3-1-5-10(12)9-11-6-2-4-8-13(11)14/h2-30H,1H3;1-13H;6-12H,1-5H3;1-9,16-17H. The van der Waals surface area contributed by atoms with Crippen LogP contribution < -0.4 is 10.9 Å². The highest BCUT2D eigenvalue weighted by atomic mass is 79.9. The zero-order valence-corrected chi connectivity index (χ0v) is 67.0. The van der Waals surface area contributed by atoms with E-state index >= 15 is 0 Å². The summed E-state index contributed by atoms with van der Waals surface area (Å²) in [7, 11) is -1.77. The molecule has 2 N–H and O–H groups in total. The molecular weight excluding hydrogens is 1510 g/mol. The van der Waals surface area contributed by atoms with Crippen molar-refractivity contribution in [2.24, 2.45) is 0 Å². The first kappa shape index (κ1) is 77.1. The van der Waals surface area contributed by atoms with Gasteiger partial charge < -0.3 is 19.4 Å². The van der Waals surface area contributed by atoms with E-state index in [0.29, 0.717) is 45.4 Å². The van der Waals surface area contributed by atoms with E-state index in [-0.39, 0.29) is 18.3 Å². The molecule has 4 aromatic heterocycles. The van der Waals surface area contributed by atoms with Crippen molar-refractivity contribution in [3.05, 3.63) is 373 Å². The smallest absolute Gasteiger partial charge is 0.423 e. The third-order valence-corrected chi connectivity index (χ3v) is 21.5. The molecule has 0 spiro atoms. The molecule has 0 bridgehead atoms. The number of aryl methyl sites for hydroxylation is 2. The van der Waals surface area contributed by atoms with Gasteiger partial charge in [0.25, 0.3) is 0 Å². The number of benzene rings is 14. The maximum Gasteiger partial charge on any atom is 0.494 e. The Balaban J connectivity index is 0.000000129. The molecule has 5 heterocycles. The topological polar surface area (TPSA) is 162 Å². The Morgan fingerprint density at radius 3 is 1.02 bits per heavy atom. The minimum Gasteiger partial charge on any atom is -0.423 e. The number of halogens is 2. The first-order valence-corrected chi connectivity index (χ1v) is 39.6. The minimum absolute atomic E-state index is 0.311. The number of rotatable bonds is 12. The summed E-state index contributed by atoms with van der Waals surface area (Å²) in [6, 6.07) is 119. The van der Waals surface area contributed by atoms with Crippen LogP contribution in [-0.4, -0.2) is 75.4 Å². The monoisotopic (exact) mass is 1590 g/mol. The maximum absolute atomic E-state index is 9.58. The summed E-state index contributed by atoms with van der Waals surface area (Å²) in [5.41, 5.74) is 17.1. The van der Waals surface area contributed by atoms with E-state index in [2.05, 4.69) is 203 Å². The zero-order valence-electron chi connectivity index (χ0n) is 64.7. The van der Waals surface area contributed by atoms with Crippen molar-refractivity contribution >= 4 is 95.8 Å². The molecule has 1 saturated heterocycles. The van der Waals surface area contributed by atoms with Crippen LogP contribution in [0.4, 0.5) is 0 Å². The van der Waals surface area contributed by atoms with Crippen LogP contribution in [0.1, 0.15) is 39.1 Å². The van der Waals surface area contributed by atoms with Gasteiger partial charge in [0.15, 0.2) is 34.9 Å². The van der Waals surface area contributed by atoms with Crippen molar-refractivity contribution in [3.63, 3.8) is 0 Å². The molecule has 16 heteroatoms. The quantitative estimate of drug-likeness (QED) is 0.0881. The maximum atomic E-state index is 9.58. The highest BCUT2D eigenvalue weighted by Gasteiger charge is 2.51. The van der Waals surface area contributed by atoms with Crippen LogP contribution in [0.3, 0.4) is 0 Å². The van der Waals surface area contributed by atoms with Crippen molar-refractivity contribution in [2.45, 2.75) is 52.7 Å². The van der Waals surface area contributed by atoms with E-state index < -0.39 is 7.12 Å². The minimum atomic E-state index is -1.45. The van der Waals surface area contributed by atoms with Gasteiger partial charge in [-0.3, -0.25) is 9.97 Å². The summed E-state index contributed by atoms with van der Waals surface area (Å²) in [5.74, 6) is 3.74. The summed E-state index contributed by atoms with van der Waals surface area (Å²) in [6.07, 6.45) is 0. The van der Waals surface area contributed by atoms with Gasteiger partial charge in [0.1, 0.15) is 0 Å². The molecule has 0 radical (unpaired) electrons. The molecule has 116 heavy (non-hydrogen) atoms. The molecule has 1 aliphatic rings. The van der Waals surface area contributed by atoms with Gasteiger partial charge in [-0.15, -0.1) is 0 Å². The fourth-order valence-corrected chi connectivity index (χ4v) is 15.2. The Bertz CT molecular complexity index is 6310. The summed E-state index contributed by atoms with van der Waals surface area (Å²) in [5, 5.41) is 28.4. The van der Waals surface area contributed by atoms with Gasteiger partial charge in [-0.25, -0.2) is 29.9 Å². The lowest BCUT2D eigenvalue weighted by Gasteiger charge is -2.32. The first-order valence-electron chi connectivity index (χ1n) is 38.4. The van der Waals surface area contributed by atoms with E-state index in [9.17, 15) is 10.0 Å². The predicted octanol–water partition coefficient (Wildman–Crippen LogP) is 23.2. The lowest BCUT2D eigenvalue weighted by molar-refractivity contribution is 0.00578. The Hall–Kier alpha value is -12.8. The Morgan fingerprint density at radius 2 is 0.629 bits per heavy atom. The van der Waals surface area contributed by atoms with Gasteiger partial charge in [0, 0.05) is 65.4 Å². The van der Waals surface area contributed by atoms with Gasteiger partial charge in [-0.2, -0.15) is 0 Å². The van der Waals surface area contributed by atoms with Crippen molar-refractivity contribution in [1.29, 1.82) is 0 Å². The van der Waals surface area contributed by atoms with Gasteiger partial charge >= 0.3 is 14.2 Å². The summed E-state index contributed by atoms with van der Waals surface area (Å²) < 4.78 is 13.0. The number of aromatic nitrogens is 8. The fourth-order valence-electron chi connectivity index (χ4n) is 14.3. The fraction of sp³-hybridized carbons (Fsp3) is 0.0800. The van der Waals surface area contributed by atoms with Gasteiger partial charge in [-0.05, 0) is 191 Å². The van der Waals surface area contributed by atoms with Crippen molar-refractivity contribution in [3.8, 4) is 113 Å². The molecular formula is C100H78B2BrClN8O4. The number of pyridine rings is 2. The van der Waals surface area contributed by atoms with Gasteiger partial charge in [0.05, 0.1) is 22.6 Å². The molecule has 0 unspecified atom stereocenters. The lowest BCUT2D eigenvalue weighted by atomic mass is 9.74.